The number of nitriles is 1. The number of fused-ring (bicyclic) bond motifs is 1. The lowest BCUT2D eigenvalue weighted by Crippen LogP contribution is -2.42. The number of phenols is 1. The van der Waals surface area contributed by atoms with Crippen molar-refractivity contribution in [3.8, 4) is 17.6 Å². The SMILES string of the molecule is N#C[C@H]1[C@H](c2ccccc2)c2ccc(O)cc2O[C@@H]1N. The first-order valence-electron chi connectivity index (χ1n) is 6.40. The number of ether oxygens (including phenoxy) is 1. The lowest BCUT2D eigenvalue weighted by atomic mass is 9.78. The molecule has 2 aromatic rings. The summed E-state index contributed by atoms with van der Waals surface area (Å²) in [6.45, 7) is 0. The van der Waals surface area contributed by atoms with Gasteiger partial charge in [0.15, 0.2) is 6.23 Å². The fourth-order valence-electron chi connectivity index (χ4n) is 2.68. The number of aromatic hydroxyl groups is 1. The van der Waals surface area contributed by atoms with Crippen molar-refractivity contribution in [2.75, 3.05) is 0 Å². The van der Waals surface area contributed by atoms with E-state index in [4.69, 9.17) is 10.5 Å². The molecule has 0 spiro atoms. The van der Waals surface area contributed by atoms with Crippen LogP contribution in [0, 0.1) is 17.2 Å². The molecular formula is C16H14N2O2. The normalized spacial score (nSPS) is 24.3. The monoisotopic (exact) mass is 266 g/mol. The van der Waals surface area contributed by atoms with Crippen LogP contribution < -0.4 is 10.5 Å². The molecule has 0 saturated carbocycles. The Balaban J connectivity index is 2.17. The highest BCUT2D eigenvalue weighted by Crippen LogP contribution is 2.43. The second-order valence-electron chi connectivity index (χ2n) is 4.85. The van der Waals surface area contributed by atoms with E-state index in [0.717, 1.165) is 11.1 Å². The van der Waals surface area contributed by atoms with Crippen molar-refractivity contribution < 1.29 is 9.84 Å². The Morgan fingerprint density at radius 3 is 2.60 bits per heavy atom. The van der Waals surface area contributed by atoms with Gasteiger partial charge in [0.2, 0.25) is 0 Å². The lowest BCUT2D eigenvalue weighted by molar-refractivity contribution is 0.134. The summed E-state index contributed by atoms with van der Waals surface area (Å²) in [5.41, 5.74) is 7.85. The van der Waals surface area contributed by atoms with Gasteiger partial charge in [0.1, 0.15) is 17.4 Å². The average Bonchev–Trinajstić information content (AvgIpc) is 2.46. The van der Waals surface area contributed by atoms with Gasteiger partial charge in [-0.25, -0.2) is 0 Å². The minimum atomic E-state index is -0.709. The van der Waals surface area contributed by atoms with E-state index in [-0.39, 0.29) is 11.7 Å². The average molecular weight is 266 g/mol. The first-order valence-corrected chi connectivity index (χ1v) is 6.40. The molecule has 0 saturated heterocycles. The largest absolute Gasteiger partial charge is 0.508 e. The van der Waals surface area contributed by atoms with E-state index in [9.17, 15) is 10.4 Å². The number of nitrogens with two attached hydrogens (primary N) is 1. The van der Waals surface area contributed by atoms with Crippen molar-refractivity contribution in [1.29, 1.82) is 5.26 Å². The minimum absolute atomic E-state index is 0.123. The molecule has 2 aromatic carbocycles. The topological polar surface area (TPSA) is 79.3 Å². The van der Waals surface area contributed by atoms with Crippen molar-refractivity contribution in [2.24, 2.45) is 11.7 Å². The summed E-state index contributed by atoms with van der Waals surface area (Å²) >= 11 is 0. The molecule has 0 aliphatic carbocycles. The maximum atomic E-state index is 9.57. The fraction of sp³-hybridized carbons (Fsp3) is 0.188. The molecule has 1 aliphatic rings. The van der Waals surface area contributed by atoms with E-state index in [0.29, 0.717) is 5.75 Å². The summed E-state index contributed by atoms with van der Waals surface area (Å²) in [7, 11) is 0. The van der Waals surface area contributed by atoms with E-state index in [2.05, 4.69) is 6.07 Å². The Morgan fingerprint density at radius 2 is 1.90 bits per heavy atom. The first kappa shape index (κ1) is 12.5. The molecule has 0 unspecified atom stereocenters. The summed E-state index contributed by atoms with van der Waals surface area (Å²) in [6, 6.07) is 16.9. The Morgan fingerprint density at radius 1 is 1.15 bits per heavy atom. The Kier molecular flexibility index (Phi) is 3.05. The van der Waals surface area contributed by atoms with Gasteiger partial charge < -0.3 is 9.84 Å². The summed E-state index contributed by atoms with van der Waals surface area (Å²) in [5.74, 6) is 0.0472. The first-order chi connectivity index (χ1) is 9.70. The van der Waals surface area contributed by atoms with Gasteiger partial charge in [-0.1, -0.05) is 36.4 Å². The van der Waals surface area contributed by atoms with Crippen molar-refractivity contribution in [1.82, 2.24) is 0 Å². The van der Waals surface area contributed by atoms with Gasteiger partial charge in [-0.3, -0.25) is 5.73 Å². The molecule has 4 heteroatoms. The third-order valence-corrected chi connectivity index (χ3v) is 3.62. The number of phenolic OH excluding ortho intramolecular Hbond substituents is 1. The molecule has 0 radical (unpaired) electrons. The zero-order valence-electron chi connectivity index (χ0n) is 10.7. The van der Waals surface area contributed by atoms with Gasteiger partial charge in [-0.2, -0.15) is 5.26 Å². The Labute approximate surface area is 117 Å². The Bertz CT molecular complexity index is 664. The van der Waals surface area contributed by atoms with Crippen LogP contribution in [0.25, 0.3) is 0 Å². The van der Waals surface area contributed by atoms with Crippen molar-refractivity contribution >= 4 is 0 Å². The number of hydrogen-bond donors (Lipinski definition) is 2. The molecule has 0 fully saturated rings. The van der Waals surface area contributed by atoms with Gasteiger partial charge in [0.05, 0.1) is 6.07 Å². The second kappa shape index (κ2) is 4.87. The molecule has 3 N–H and O–H groups in total. The van der Waals surface area contributed by atoms with E-state index >= 15 is 0 Å². The number of hydrogen-bond acceptors (Lipinski definition) is 4. The zero-order valence-corrected chi connectivity index (χ0v) is 10.7. The number of benzene rings is 2. The number of nitrogens with zero attached hydrogens (tertiary/aromatic N) is 1. The standard InChI is InChI=1S/C16H14N2O2/c17-9-13-15(10-4-2-1-3-5-10)12-7-6-11(19)8-14(12)20-16(13)18/h1-8,13,15-16,19H,18H2/t13-,15+,16-/m0/s1. The summed E-state index contributed by atoms with van der Waals surface area (Å²) in [5, 5.41) is 19.0. The smallest absolute Gasteiger partial charge is 0.164 e. The predicted molar refractivity (Wildman–Crippen MR) is 74.1 cm³/mol. The van der Waals surface area contributed by atoms with Gasteiger partial charge >= 0.3 is 0 Å². The molecule has 1 aliphatic heterocycles. The van der Waals surface area contributed by atoms with E-state index in [1.54, 1.807) is 18.2 Å². The summed E-state index contributed by atoms with van der Waals surface area (Å²) in [6.07, 6.45) is -0.709. The maximum absolute atomic E-state index is 9.57. The quantitative estimate of drug-likeness (QED) is 0.830. The van der Waals surface area contributed by atoms with Crippen LogP contribution in [0.1, 0.15) is 17.0 Å². The summed E-state index contributed by atoms with van der Waals surface area (Å²) < 4.78 is 5.56. The van der Waals surface area contributed by atoms with Crippen LogP contribution in [0.3, 0.4) is 0 Å². The van der Waals surface area contributed by atoms with Gasteiger partial charge in [-0.05, 0) is 11.6 Å². The number of rotatable bonds is 1. The molecule has 0 bridgehead atoms. The third kappa shape index (κ3) is 1.98. The van der Waals surface area contributed by atoms with Gasteiger partial charge in [0, 0.05) is 17.5 Å². The fourth-order valence-corrected chi connectivity index (χ4v) is 2.68. The maximum Gasteiger partial charge on any atom is 0.164 e. The molecule has 20 heavy (non-hydrogen) atoms. The highest BCUT2D eigenvalue weighted by atomic mass is 16.5. The van der Waals surface area contributed by atoms with E-state index in [1.807, 2.05) is 30.3 Å². The minimum Gasteiger partial charge on any atom is -0.508 e. The molecule has 3 rings (SSSR count). The molecule has 4 nitrogen and oxygen atoms in total. The third-order valence-electron chi connectivity index (χ3n) is 3.62. The second-order valence-corrected chi connectivity index (χ2v) is 4.85. The van der Waals surface area contributed by atoms with Crippen LogP contribution in [-0.4, -0.2) is 11.3 Å². The molecular weight excluding hydrogens is 252 g/mol. The van der Waals surface area contributed by atoms with Crippen LogP contribution in [0.15, 0.2) is 48.5 Å². The highest BCUT2D eigenvalue weighted by molar-refractivity contribution is 5.49. The van der Waals surface area contributed by atoms with Gasteiger partial charge in [0.25, 0.3) is 0 Å². The predicted octanol–water partition coefficient (Wildman–Crippen LogP) is 2.34. The van der Waals surface area contributed by atoms with Crippen LogP contribution in [0.2, 0.25) is 0 Å². The van der Waals surface area contributed by atoms with Crippen molar-refractivity contribution in [2.45, 2.75) is 12.1 Å². The zero-order chi connectivity index (χ0) is 14.1. The van der Waals surface area contributed by atoms with Crippen LogP contribution in [0.4, 0.5) is 0 Å². The highest BCUT2D eigenvalue weighted by Gasteiger charge is 2.37. The molecule has 100 valence electrons. The molecule has 3 atom stereocenters. The van der Waals surface area contributed by atoms with Gasteiger partial charge in [-0.15, -0.1) is 0 Å². The van der Waals surface area contributed by atoms with Crippen molar-refractivity contribution in [3.05, 3.63) is 59.7 Å². The van der Waals surface area contributed by atoms with E-state index < -0.39 is 12.1 Å². The molecule has 0 amide bonds. The van der Waals surface area contributed by atoms with E-state index in [1.165, 1.54) is 0 Å². The van der Waals surface area contributed by atoms with Crippen LogP contribution >= 0.6 is 0 Å². The van der Waals surface area contributed by atoms with Crippen LogP contribution in [0.5, 0.6) is 11.5 Å². The van der Waals surface area contributed by atoms with Crippen molar-refractivity contribution in [3.63, 3.8) is 0 Å². The molecule has 0 aromatic heterocycles. The van der Waals surface area contributed by atoms with Crippen LogP contribution in [-0.2, 0) is 0 Å². The lowest BCUT2D eigenvalue weighted by Gasteiger charge is -2.34. The molecule has 1 heterocycles. The summed E-state index contributed by atoms with van der Waals surface area (Å²) in [4.78, 5) is 0. The Hall–Kier alpha value is -2.51.